The first-order valence-electron chi connectivity index (χ1n) is 19.6. The summed E-state index contributed by atoms with van der Waals surface area (Å²) in [5.41, 5.74) is 2.21. The molecule has 0 aliphatic carbocycles. The van der Waals surface area contributed by atoms with E-state index in [1.54, 1.807) is 63.8 Å². The number of nitrogens with zero attached hydrogens (tertiary/aromatic N) is 1. The van der Waals surface area contributed by atoms with Crippen molar-refractivity contribution in [3.8, 4) is 5.75 Å². The van der Waals surface area contributed by atoms with Gasteiger partial charge in [-0.15, -0.1) is 0 Å². The van der Waals surface area contributed by atoms with Crippen LogP contribution in [0.1, 0.15) is 89.0 Å². The highest BCUT2D eigenvalue weighted by atomic mass is 16.6. The highest BCUT2D eigenvalue weighted by molar-refractivity contribution is 5.97. The molecule has 12 nitrogen and oxygen atoms in total. The fourth-order valence-electron chi connectivity index (χ4n) is 6.98. The number of carbonyl (C=O) groups is 5. The third-order valence-electron chi connectivity index (χ3n) is 10.5. The van der Waals surface area contributed by atoms with Gasteiger partial charge in [0.1, 0.15) is 23.4 Å². The topological polar surface area (TPSA) is 155 Å². The molecule has 3 aromatic carbocycles. The molecular weight excluding hydrogens is 711 g/mol. The van der Waals surface area contributed by atoms with Crippen LogP contribution in [0, 0.1) is 12.8 Å². The van der Waals surface area contributed by atoms with Gasteiger partial charge in [-0.05, 0) is 126 Å². The Morgan fingerprint density at radius 2 is 1.66 bits per heavy atom. The number of hydrogen-bond donors (Lipinski definition) is 4. The number of aryl methyl sites for hydroxylation is 2. The van der Waals surface area contributed by atoms with Gasteiger partial charge >= 0.3 is 6.09 Å². The van der Waals surface area contributed by atoms with E-state index in [0.717, 1.165) is 36.0 Å². The predicted octanol–water partition coefficient (Wildman–Crippen LogP) is 5.95. The second kappa shape index (κ2) is 18.5. The van der Waals surface area contributed by atoms with Crippen LogP contribution in [0.15, 0.2) is 72.8 Å². The number of benzene rings is 3. The lowest BCUT2D eigenvalue weighted by Gasteiger charge is -2.34. The molecule has 5 rings (SSSR count). The van der Waals surface area contributed by atoms with Crippen molar-refractivity contribution in [2.45, 2.75) is 110 Å². The van der Waals surface area contributed by atoms with Crippen LogP contribution in [0.3, 0.4) is 0 Å². The van der Waals surface area contributed by atoms with Gasteiger partial charge in [0.25, 0.3) is 0 Å². The average Bonchev–Trinajstić information content (AvgIpc) is 3.15. The molecular formula is C44H57N5O7. The van der Waals surface area contributed by atoms with Crippen LogP contribution in [0.25, 0.3) is 0 Å². The molecule has 4 N–H and O–H groups in total. The molecule has 3 aromatic rings. The zero-order valence-electron chi connectivity index (χ0n) is 33.5. The van der Waals surface area contributed by atoms with Crippen LogP contribution in [0.2, 0.25) is 0 Å². The summed E-state index contributed by atoms with van der Waals surface area (Å²) in [6.07, 6.45) is 2.47. The number of piperidine rings is 1. The van der Waals surface area contributed by atoms with Crippen molar-refractivity contribution in [3.63, 3.8) is 0 Å². The Morgan fingerprint density at radius 1 is 0.929 bits per heavy atom. The van der Waals surface area contributed by atoms with Crippen LogP contribution in [-0.2, 0) is 42.3 Å². The first-order chi connectivity index (χ1) is 26.6. The molecule has 5 amide bonds. The van der Waals surface area contributed by atoms with Crippen molar-refractivity contribution in [3.05, 3.63) is 95.1 Å². The van der Waals surface area contributed by atoms with Crippen molar-refractivity contribution in [1.29, 1.82) is 0 Å². The van der Waals surface area contributed by atoms with E-state index < -0.39 is 41.0 Å². The number of anilines is 1. The standard InChI is InChI=1S/C44H57N5O7/c1-29-14-20-35-25-32(29)27-45-39(51)36(21-15-30-11-8-7-9-12-30)47-40(52)37(26-38(50)49-23-10-13-31(28-49)22-24-55-35)48-41(53)44(5,6)33-16-18-34(19-17-33)46-42(54)56-43(2,3)4/h7-9,11-12,14,16-20,25,31,36-37H,10,13,15,21-24,26-28H2,1-6H3,(H,45,51)(H,46,54)(H,47,52)(H,48,53)/t31?,36?,37-/m0/s1. The molecule has 2 unspecified atom stereocenters. The van der Waals surface area contributed by atoms with Crippen LogP contribution in [-0.4, -0.2) is 72.0 Å². The summed E-state index contributed by atoms with van der Waals surface area (Å²) >= 11 is 0. The van der Waals surface area contributed by atoms with Gasteiger partial charge in [-0.25, -0.2) is 4.79 Å². The molecule has 2 heterocycles. The minimum Gasteiger partial charge on any atom is -0.494 e. The lowest BCUT2D eigenvalue weighted by Crippen LogP contribution is -2.57. The number of amides is 5. The molecule has 0 radical (unpaired) electrons. The lowest BCUT2D eigenvalue weighted by atomic mass is 9.83. The van der Waals surface area contributed by atoms with Crippen molar-refractivity contribution < 1.29 is 33.4 Å². The smallest absolute Gasteiger partial charge is 0.412 e. The van der Waals surface area contributed by atoms with E-state index in [-0.39, 0.29) is 30.7 Å². The molecule has 0 spiro atoms. The number of fused-ring (bicyclic) bond motifs is 4. The fourth-order valence-corrected chi connectivity index (χ4v) is 6.98. The third kappa shape index (κ3) is 11.8. The molecule has 2 aliphatic heterocycles. The monoisotopic (exact) mass is 767 g/mol. The van der Waals surface area contributed by atoms with Crippen LogP contribution in [0.4, 0.5) is 10.5 Å². The molecule has 0 aromatic heterocycles. The maximum absolute atomic E-state index is 14.3. The van der Waals surface area contributed by atoms with E-state index in [4.69, 9.17) is 9.47 Å². The highest BCUT2D eigenvalue weighted by Crippen LogP contribution is 2.27. The van der Waals surface area contributed by atoms with E-state index in [0.29, 0.717) is 49.5 Å². The lowest BCUT2D eigenvalue weighted by molar-refractivity contribution is -0.139. The summed E-state index contributed by atoms with van der Waals surface area (Å²) in [4.78, 5) is 70.3. The summed E-state index contributed by atoms with van der Waals surface area (Å²) in [6.45, 7) is 12.6. The Balaban J connectivity index is 1.40. The number of ether oxygens (including phenoxy) is 2. The third-order valence-corrected chi connectivity index (χ3v) is 10.5. The van der Waals surface area contributed by atoms with E-state index >= 15 is 0 Å². The van der Waals surface area contributed by atoms with Crippen LogP contribution >= 0.6 is 0 Å². The Bertz CT molecular complexity index is 1860. The Morgan fingerprint density at radius 3 is 2.38 bits per heavy atom. The molecule has 2 aliphatic rings. The van der Waals surface area contributed by atoms with E-state index in [2.05, 4.69) is 21.3 Å². The zero-order chi connectivity index (χ0) is 40.5. The first-order valence-corrected chi connectivity index (χ1v) is 19.6. The van der Waals surface area contributed by atoms with Crippen molar-refractivity contribution in [2.75, 3.05) is 25.0 Å². The molecule has 3 atom stereocenters. The van der Waals surface area contributed by atoms with E-state index in [1.807, 2.05) is 55.5 Å². The minimum absolute atomic E-state index is 0.228. The largest absolute Gasteiger partial charge is 0.494 e. The average molecular weight is 768 g/mol. The quantitative estimate of drug-likeness (QED) is 0.232. The summed E-state index contributed by atoms with van der Waals surface area (Å²) in [6, 6.07) is 20.1. The van der Waals surface area contributed by atoms with Crippen LogP contribution < -0.4 is 26.0 Å². The van der Waals surface area contributed by atoms with Gasteiger partial charge in [0.05, 0.1) is 18.4 Å². The highest BCUT2D eigenvalue weighted by Gasteiger charge is 2.36. The van der Waals surface area contributed by atoms with Crippen molar-refractivity contribution >= 4 is 35.4 Å². The summed E-state index contributed by atoms with van der Waals surface area (Å²) in [5, 5.41) is 11.5. The Hall–Kier alpha value is -5.39. The summed E-state index contributed by atoms with van der Waals surface area (Å²) in [5.74, 6) is -0.776. The van der Waals surface area contributed by atoms with Crippen molar-refractivity contribution in [1.82, 2.24) is 20.9 Å². The maximum atomic E-state index is 14.3. The molecule has 1 fully saturated rings. The summed E-state index contributed by atoms with van der Waals surface area (Å²) in [7, 11) is 0. The van der Waals surface area contributed by atoms with Gasteiger partial charge in [0, 0.05) is 25.3 Å². The minimum atomic E-state index is -1.25. The Kier molecular flexibility index (Phi) is 13.8. The molecule has 300 valence electrons. The normalized spacial score (nSPS) is 20.0. The molecule has 4 bridgehead atoms. The molecule has 12 heteroatoms. The molecule has 56 heavy (non-hydrogen) atoms. The second-order valence-electron chi connectivity index (χ2n) is 16.4. The van der Waals surface area contributed by atoms with Gasteiger partial charge in [-0.1, -0.05) is 48.5 Å². The Labute approximate surface area is 330 Å². The van der Waals surface area contributed by atoms with Gasteiger partial charge in [0.2, 0.25) is 23.6 Å². The number of nitrogens with one attached hydrogen (secondary N) is 4. The van der Waals surface area contributed by atoms with Crippen molar-refractivity contribution in [2.24, 2.45) is 5.92 Å². The maximum Gasteiger partial charge on any atom is 0.412 e. The number of rotatable bonds is 7. The summed E-state index contributed by atoms with van der Waals surface area (Å²) < 4.78 is 11.5. The predicted molar refractivity (Wildman–Crippen MR) is 215 cm³/mol. The van der Waals surface area contributed by atoms with Gasteiger partial charge < -0.3 is 30.3 Å². The van der Waals surface area contributed by atoms with E-state index in [1.165, 1.54) is 0 Å². The van der Waals surface area contributed by atoms with E-state index in [9.17, 15) is 24.0 Å². The number of hydrogen-bond acceptors (Lipinski definition) is 7. The fraction of sp³-hybridized carbons (Fsp3) is 0.477. The second-order valence-corrected chi connectivity index (χ2v) is 16.4. The zero-order valence-corrected chi connectivity index (χ0v) is 33.5. The van der Waals surface area contributed by atoms with Gasteiger partial charge in [-0.3, -0.25) is 24.5 Å². The molecule has 1 saturated heterocycles. The number of carbonyl (C=O) groups excluding carboxylic acids is 5. The first kappa shape index (κ1) is 41.8. The molecule has 0 saturated carbocycles. The van der Waals surface area contributed by atoms with Gasteiger partial charge in [0.15, 0.2) is 0 Å². The van der Waals surface area contributed by atoms with Crippen LogP contribution in [0.5, 0.6) is 5.75 Å². The SMILES string of the molecule is Cc1ccc2cc1CNC(=O)C(CCc1ccccc1)NC(=O)[C@@H](NC(=O)C(C)(C)c1ccc(NC(=O)OC(C)(C)C)cc1)CC(=O)N1CCCC(CCO2)C1. The van der Waals surface area contributed by atoms with Gasteiger partial charge in [-0.2, -0.15) is 0 Å².